The maximum Gasteiger partial charge on any atom is 0.131 e. The first-order chi connectivity index (χ1) is 8.13. The molecule has 0 bridgehead atoms. The van der Waals surface area contributed by atoms with E-state index < -0.39 is 0 Å². The Labute approximate surface area is 112 Å². The first kappa shape index (κ1) is 12.8. The highest BCUT2D eigenvalue weighted by Crippen LogP contribution is 2.25. The Balaban J connectivity index is 1.99. The highest BCUT2D eigenvalue weighted by atomic mass is 79.9. The second kappa shape index (κ2) is 5.80. The van der Waals surface area contributed by atoms with Crippen molar-refractivity contribution < 1.29 is 0 Å². The molecule has 3 nitrogen and oxygen atoms in total. The van der Waals surface area contributed by atoms with Crippen LogP contribution in [0.25, 0.3) is 0 Å². The van der Waals surface area contributed by atoms with Gasteiger partial charge in [0.2, 0.25) is 0 Å². The van der Waals surface area contributed by atoms with Crippen LogP contribution >= 0.6 is 15.9 Å². The molecule has 0 saturated heterocycles. The second-order valence-corrected chi connectivity index (χ2v) is 5.89. The Hall–Kier alpha value is -0.640. The van der Waals surface area contributed by atoms with Gasteiger partial charge in [-0.2, -0.15) is 0 Å². The molecule has 0 aromatic carbocycles. The zero-order chi connectivity index (χ0) is 12.3. The molecule has 1 aromatic rings. The molecule has 2 unspecified atom stereocenters. The summed E-state index contributed by atoms with van der Waals surface area (Å²) in [5.41, 5.74) is 0. The molecule has 1 aliphatic rings. The number of hydrogen-bond donors (Lipinski definition) is 1. The molecule has 1 fully saturated rings. The zero-order valence-corrected chi connectivity index (χ0v) is 12.1. The Morgan fingerprint density at radius 1 is 1.24 bits per heavy atom. The number of aryl methyl sites for hydroxylation is 1. The normalized spacial score (nSPS) is 25.4. The zero-order valence-electron chi connectivity index (χ0n) is 10.5. The van der Waals surface area contributed by atoms with E-state index in [4.69, 9.17) is 0 Å². The van der Waals surface area contributed by atoms with Gasteiger partial charge in [-0.25, -0.2) is 9.97 Å². The first-order valence-electron chi connectivity index (χ1n) is 6.41. The number of hydrogen-bond acceptors (Lipinski definition) is 3. The number of anilines is 1. The van der Waals surface area contributed by atoms with Crippen LogP contribution in [0.3, 0.4) is 0 Å². The summed E-state index contributed by atoms with van der Waals surface area (Å²) in [7, 11) is 0. The van der Waals surface area contributed by atoms with E-state index in [1.165, 1.54) is 32.1 Å². The van der Waals surface area contributed by atoms with E-state index in [1.54, 1.807) is 0 Å². The largest absolute Gasteiger partial charge is 0.367 e. The molecular formula is C13H20BrN3. The molecule has 17 heavy (non-hydrogen) atoms. The van der Waals surface area contributed by atoms with Gasteiger partial charge in [0.25, 0.3) is 0 Å². The van der Waals surface area contributed by atoms with Crippen molar-refractivity contribution in [3.8, 4) is 0 Å². The van der Waals surface area contributed by atoms with E-state index in [2.05, 4.69) is 38.1 Å². The van der Waals surface area contributed by atoms with Gasteiger partial charge in [0.15, 0.2) is 0 Å². The molecule has 1 N–H and O–H groups in total. The van der Waals surface area contributed by atoms with Crippen LogP contribution in [-0.4, -0.2) is 16.0 Å². The fourth-order valence-electron chi connectivity index (χ4n) is 2.45. The fourth-order valence-corrected chi connectivity index (χ4v) is 2.92. The van der Waals surface area contributed by atoms with Gasteiger partial charge in [-0.3, -0.25) is 0 Å². The summed E-state index contributed by atoms with van der Waals surface area (Å²) in [4.78, 5) is 8.65. The molecule has 0 aliphatic heterocycles. The Morgan fingerprint density at radius 3 is 2.82 bits per heavy atom. The maximum atomic E-state index is 4.43. The van der Waals surface area contributed by atoms with Crippen LogP contribution in [0.15, 0.2) is 10.7 Å². The minimum atomic E-state index is 0.571. The highest BCUT2D eigenvalue weighted by molar-refractivity contribution is 9.10. The molecule has 1 heterocycles. The van der Waals surface area contributed by atoms with Gasteiger partial charge >= 0.3 is 0 Å². The first-order valence-corrected chi connectivity index (χ1v) is 7.20. The van der Waals surface area contributed by atoms with Crippen molar-refractivity contribution >= 4 is 21.7 Å². The van der Waals surface area contributed by atoms with Crippen molar-refractivity contribution in [3.63, 3.8) is 0 Å². The van der Waals surface area contributed by atoms with Crippen LogP contribution in [0, 0.1) is 12.8 Å². The molecule has 0 spiro atoms. The van der Waals surface area contributed by atoms with Gasteiger partial charge < -0.3 is 5.32 Å². The van der Waals surface area contributed by atoms with Crippen molar-refractivity contribution in [2.75, 3.05) is 5.32 Å². The Bertz CT molecular complexity index is 361. The van der Waals surface area contributed by atoms with Gasteiger partial charge in [-0.15, -0.1) is 0 Å². The van der Waals surface area contributed by atoms with Gasteiger partial charge in [0, 0.05) is 12.1 Å². The average molecular weight is 298 g/mol. The fraction of sp³-hybridized carbons (Fsp3) is 0.692. The topological polar surface area (TPSA) is 37.8 Å². The molecule has 1 aliphatic carbocycles. The summed E-state index contributed by atoms with van der Waals surface area (Å²) in [6.07, 6.45) is 6.52. The lowest BCUT2D eigenvalue weighted by Gasteiger charge is -2.17. The second-order valence-electron chi connectivity index (χ2n) is 5.08. The van der Waals surface area contributed by atoms with Gasteiger partial charge in [-0.1, -0.05) is 19.8 Å². The smallest absolute Gasteiger partial charge is 0.131 e. The standard InChI is InChI=1S/C13H20BrN3/c1-9-4-3-5-11(7-6-9)17-13-8-12(14)15-10(2)16-13/h8-9,11H,3-7H2,1-2H3,(H,15,16,17). The summed E-state index contributed by atoms with van der Waals surface area (Å²) in [5.74, 6) is 2.63. The molecule has 1 saturated carbocycles. The van der Waals surface area contributed by atoms with Crippen LogP contribution in [-0.2, 0) is 0 Å². The number of halogens is 1. The van der Waals surface area contributed by atoms with Crippen LogP contribution in [0.1, 0.15) is 44.9 Å². The Kier molecular flexibility index (Phi) is 4.37. The van der Waals surface area contributed by atoms with E-state index in [9.17, 15) is 0 Å². The molecule has 4 heteroatoms. The van der Waals surface area contributed by atoms with E-state index in [-0.39, 0.29) is 0 Å². The molecule has 0 radical (unpaired) electrons. The maximum absolute atomic E-state index is 4.43. The Morgan fingerprint density at radius 2 is 2.06 bits per heavy atom. The predicted octanol–water partition coefficient (Wildman–Crippen LogP) is 3.93. The minimum Gasteiger partial charge on any atom is -0.367 e. The van der Waals surface area contributed by atoms with Crippen molar-refractivity contribution in [2.24, 2.45) is 5.92 Å². The number of nitrogens with one attached hydrogen (secondary N) is 1. The lowest BCUT2D eigenvalue weighted by Crippen LogP contribution is -2.19. The molecule has 2 atom stereocenters. The van der Waals surface area contributed by atoms with E-state index in [1.807, 2.05) is 13.0 Å². The number of rotatable bonds is 2. The molecule has 94 valence electrons. The van der Waals surface area contributed by atoms with Crippen molar-refractivity contribution in [1.29, 1.82) is 0 Å². The van der Waals surface area contributed by atoms with Crippen molar-refractivity contribution in [3.05, 3.63) is 16.5 Å². The SMILES string of the molecule is Cc1nc(Br)cc(NC2CCCC(C)CC2)n1. The molecule has 0 amide bonds. The summed E-state index contributed by atoms with van der Waals surface area (Å²) >= 11 is 3.41. The highest BCUT2D eigenvalue weighted by Gasteiger charge is 2.16. The summed E-state index contributed by atoms with van der Waals surface area (Å²) in [5, 5.41) is 3.54. The third kappa shape index (κ3) is 3.95. The van der Waals surface area contributed by atoms with Crippen molar-refractivity contribution in [2.45, 2.75) is 52.0 Å². The lowest BCUT2D eigenvalue weighted by atomic mass is 10.0. The third-order valence-electron chi connectivity index (χ3n) is 3.42. The predicted molar refractivity (Wildman–Crippen MR) is 74.1 cm³/mol. The number of nitrogens with zero attached hydrogens (tertiary/aromatic N) is 2. The van der Waals surface area contributed by atoms with Crippen LogP contribution in [0.2, 0.25) is 0 Å². The third-order valence-corrected chi connectivity index (χ3v) is 3.82. The molecule has 2 rings (SSSR count). The summed E-state index contributed by atoms with van der Waals surface area (Å²) < 4.78 is 0.856. The van der Waals surface area contributed by atoms with Crippen molar-refractivity contribution in [1.82, 2.24) is 9.97 Å². The molecule has 1 aromatic heterocycles. The van der Waals surface area contributed by atoms with Crippen LogP contribution in [0.4, 0.5) is 5.82 Å². The van der Waals surface area contributed by atoms with Gasteiger partial charge in [0.1, 0.15) is 16.2 Å². The summed E-state index contributed by atoms with van der Waals surface area (Å²) in [6, 6.07) is 2.53. The average Bonchev–Trinajstić information content (AvgIpc) is 2.42. The summed E-state index contributed by atoms with van der Waals surface area (Å²) in [6.45, 7) is 4.28. The van der Waals surface area contributed by atoms with E-state index in [0.29, 0.717) is 6.04 Å². The molecular weight excluding hydrogens is 278 g/mol. The van der Waals surface area contributed by atoms with E-state index in [0.717, 1.165) is 22.2 Å². The minimum absolute atomic E-state index is 0.571. The van der Waals surface area contributed by atoms with Crippen LogP contribution in [0.5, 0.6) is 0 Å². The van der Waals surface area contributed by atoms with Crippen LogP contribution < -0.4 is 5.32 Å². The quantitative estimate of drug-likeness (QED) is 0.664. The monoisotopic (exact) mass is 297 g/mol. The lowest BCUT2D eigenvalue weighted by molar-refractivity contribution is 0.502. The van der Waals surface area contributed by atoms with Gasteiger partial charge in [0.05, 0.1) is 0 Å². The number of aromatic nitrogens is 2. The van der Waals surface area contributed by atoms with E-state index >= 15 is 0 Å². The van der Waals surface area contributed by atoms with Gasteiger partial charge in [-0.05, 0) is 48.0 Å².